The van der Waals surface area contributed by atoms with Crippen LogP contribution in [0.2, 0.25) is 0 Å². The van der Waals surface area contributed by atoms with Gasteiger partial charge in [0.15, 0.2) is 0 Å². The van der Waals surface area contributed by atoms with Crippen LogP contribution in [-0.4, -0.2) is 39.1 Å². The quantitative estimate of drug-likeness (QED) is 0.371. The van der Waals surface area contributed by atoms with E-state index in [-0.39, 0.29) is 17.1 Å². The number of phenols is 1. The van der Waals surface area contributed by atoms with Gasteiger partial charge in [0, 0.05) is 49.2 Å². The molecule has 0 fully saturated rings. The maximum Gasteiger partial charge on any atom is 0.227 e. The summed E-state index contributed by atoms with van der Waals surface area (Å²) >= 11 is 0. The largest absolute Gasteiger partial charge is 0.508 e. The SMILES string of the molecule is CC(C)(C)CC(=O)NCCCNc1ncccc1-c1ccnc(Nc2cccc(O)c2)n1. The maximum absolute atomic E-state index is 11.9. The van der Waals surface area contributed by atoms with E-state index >= 15 is 0 Å². The molecule has 2 heterocycles. The molecule has 0 saturated heterocycles. The third-order valence-electron chi connectivity index (χ3n) is 4.50. The first-order valence-corrected chi connectivity index (χ1v) is 10.7. The Labute approximate surface area is 188 Å². The second-order valence-corrected chi connectivity index (χ2v) is 8.71. The zero-order valence-electron chi connectivity index (χ0n) is 18.7. The molecule has 168 valence electrons. The number of carbonyl (C=O) groups is 1. The molecule has 8 heteroatoms. The summed E-state index contributed by atoms with van der Waals surface area (Å²) in [5, 5.41) is 19.0. The van der Waals surface area contributed by atoms with Gasteiger partial charge in [-0.2, -0.15) is 0 Å². The van der Waals surface area contributed by atoms with Crippen LogP contribution in [0.4, 0.5) is 17.5 Å². The van der Waals surface area contributed by atoms with Gasteiger partial charge in [-0.3, -0.25) is 4.79 Å². The Bertz CT molecular complexity index is 1050. The van der Waals surface area contributed by atoms with Crippen LogP contribution in [0.1, 0.15) is 33.6 Å². The Morgan fingerprint density at radius 1 is 1.03 bits per heavy atom. The summed E-state index contributed by atoms with van der Waals surface area (Å²) in [6, 6.07) is 12.4. The molecule has 0 radical (unpaired) electrons. The standard InChI is InChI=1S/C24H30N6O2/c1-24(2,3)16-21(32)25-12-6-13-27-22-19(9-5-11-26-22)20-10-14-28-23(30-20)29-17-7-4-8-18(31)15-17/h4-5,7-11,14-15,31H,6,12-13,16H2,1-3H3,(H,25,32)(H,26,27)(H,28,29,30). The summed E-state index contributed by atoms with van der Waals surface area (Å²) in [6.07, 6.45) is 4.69. The third kappa shape index (κ3) is 7.23. The first-order valence-electron chi connectivity index (χ1n) is 10.7. The van der Waals surface area contributed by atoms with E-state index in [1.54, 1.807) is 30.6 Å². The minimum atomic E-state index is -0.0165. The van der Waals surface area contributed by atoms with E-state index in [0.29, 0.717) is 31.1 Å². The van der Waals surface area contributed by atoms with Crippen molar-refractivity contribution in [1.82, 2.24) is 20.3 Å². The predicted octanol–water partition coefficient (Wildman–Crippen LogP) is 4.34. The smallest absolute Gasteiger partial charge is 0.227 e. The average molecular weight is 435 g/mol. The third-order valence-corrected chi connectivity index (χ3v) is 4.50. The summed E-state index contributed by atoms with van der Waals surface area (Å²) in [4.78, 5) is 25.2. The van der Waals surface area contributed by atoms with Crippen LogP contribution in [0.25, 0.3) is 11.3 Å². The van der Waals surface area contributed by atoms with Crippen molar-refractivity contribution in [2.75, 3.05) is 23.7 Å². The summed E-state index contributed by atoms with van der Waals surface area (Å²) in [5.41, 5.74) is 2.25. The molecular formula is C24H30N6O2. The molecule has 32 heavy (non-hydrogen) atoms. The number of nitrogens with one attached hydrogen (secondary N) is 3. The lowest BCUT2D eigenvalue weighted by atomic mass is 9.92. The highest BCUT2D eigenvalue weighted by atomic mass is 16.3. The van der Waals surface area contributed by atoms with E-state index in [2.05, 4.69) is 51.7 Å². The van der Waals surface area contributed by atoms with Crippen molar-refractivity contribution in [2.24, 2.45) is 5.41 Å². The molecule has 0 spiro atoms. The normalized spacial score (nSPS) is 11.1. The zero-order valence-corrected chi connectivity index (χ0v) is 18.7. The first-order chi connectivity index (χ1) is 15.3. The number of pyridine rings is 1. The van der Waals surface area contributed by atoms with Crippen LogP contribution in [0.5, 0.6) is 5.75 Å². The van der Waals surface area contributed by atoms with E-state index in [9.17, 15) is 9.90 Å². The number of hydrogen-bond acceptors (Lipinski definition) is 7. The number of hydrogen-bond donors (Lipinski definition) is 4. The number of nitrogens with zero attached hydrogens (tertiary/aromatic N) is 3. The highest BCUT2D eigenvalue weighted by Crippen LogP contribution is 2.26. The monoisotopic (exact) mass is 434 g/mol. The van der Waals surface area contributed by atoms with Gasteiger partial charge in [-0.15, -0.1) is 0 Å². The van der Waals surface area contributed by atoms with Gasteiger partial charge in [0.1, 0.15) is 11.6 Å². The highest BCUT2D eigenvalue weighted by molar-refractivity contribution is 5.76. The molecule has 0 aliphatic rings. The van der Waals surface area contributed by atoms with Crippen molar-refractivity contribution in [3.63, 3.8) is 0 Å². The summed E-state index contributed by atoms with van der Waals surface area (Å²) in [6.45, 7) is 7.42. The molecule has 0 aliphatic heterocycles. The van der Waals surface area contributed by atoms with Crippen LogP contribution < -0.4 is 16.0 Å². The number of benzene rings is 1. The van der Waals surface area contributed by atoms with Crippen molar-refractivity contribution in [2.45, 2.75) is 33.6 Å². The molecule has 0 bridgehead atoms. The summed E-state index contributed by atoms with van der Waals surface area (Å²) in [7, 11) is 0. The fourth-order valence-corrected chi connectivity index (χ4v) is 3.10. The van der Waals surface area contributed by atoms with Crippen LogP contribution in [0, 0.1) is 5.41 Å². The van der Waals surface area contributed by atoms with Crippen molar-refractivity contribution >= 4 is 23.4 Å². The van der Waals surface area contributed by atoms with Crippen molar-refractivity contribution in [3.05, 3.63) is 54.9 Å². The number of aromatic nitrogens is 3. The van der Waals surface area contributed by atoms with Crippen molar-refractivity contribution in [3.8, 4) is 17.0 Å². The van der Waals surface area contributed by atoms with Gasteiger partial charge < -0.3 is 21.1 Å². The van der Waals surface area contributed by atoms with Gasteiger partial charge >= 0.3 is 0 Å². The second kappa shape index (κ2) is 10.6. The van der Waals surface area contributed by atoms with Crippen LogP contribution in [0.3, 0.4) is 0 Å². The van der Waals surface area contributed by atoms with Crippen LogP contribution >= 0.6 is 0 Å². The Balaban J connectivity index is 1.60. The van der Waals surface area contributed by atoms with Gasteiger partial charge in [0.2, 0.25) is 11.9 Å². The van der Waals surface area contributed by atoms with Crippen molar-refractivity contribution in [1.29, 1.82) is 0 Å². The summed E-state index contributed by atoms with van der Waals surface area (Å²) < 4.78 is 0. The van der Waals surface area contributed by atoms with E-state index in [4.69, 9.17) is 0 Å². The second-order valence-electron chi connectivity index (χ2n) is 8.71. The molecule has 1 amide bonds. The molecule has 4 N–H and O–H groups in total. The Hall–Kier alpha value is -3.68. The Morgan fingerprint density at radius 3 is 2.66 bits per heavy atom. The number of anilines is 3. The molecule has 3 aromatic rings. The molecular weight excluding hydrogens is 404 g/mol. The number of amides is 1. The number of aromatic hydroxyl groups is 1. The minimum Gasteiger partial charge on any atom is -0.508 e. The maximum atomic E-state index is 11.9. The highest BCUT2D eigenvalue weighted by Gasteiger charge is 2.15. The van der Waals surface area contributed by atoms with Gasteiger partial charge in [-0.25, -0.2) is 15.0 Å². The van der Waals surface area contributed by atoms with E-state index in [1.165, 1.54) is 0 Å². The van der Waals surface area contributed by atoms with Gasteiger partial charge in [0.05, 0.1) is 5.69 Å². The van der Waals surface area contributed by atoms with Crippen LogP contribution in [-0.2, 0) is 4.79 Å². The molecule has 1 aromatic carbocycles. The molecule has 0 aliphatic carbocycles. The molecule has 2 aromatic heterocycles. The Kier molecular flexibility index (Phi) is 7.59. The van der Waals surface area contributed by atoms with Gasteiger partial charge in [-0.05, 0) is 42.2 Å². The lowest BCUT2D eigenvalue weighted by molar-refractivity contribution is -0.122. The average Bonchev–Trinajstić information content (AvgIpc) is 2.73. The van der Waals surface area contributed by atoms with E-state index < -0.39 is 0 Å². The van der Waals surface area contributed by atoms with Gasteiger partial charge in [-0.1, -0.05) is 26.8 Å². The fourth-order valence-electron chi connectivity index (χ4n) is 3.10. The predicted molar refractivity (Wildman–Crippen MR) is 127 cm³/mol. The van der Waals surface area contributed by atoms with Gasteiger partial charge in [0.25, 0.3) is 0 Å². The first kappa shape index (κ1) is 23.0. The minimum absolute atomic E-state index is 0.0165. The fraction of sp³-hybridized carbons (Fsp3) is 0.333. The van der Waals surface area contributed by atoms with E-state index in [0.717, 1.165) is 23.5 Å². The van der Waals surface area contributed by atoms with Crippen molar-refractivity contribution < 1.29 is 9.90 Å². The Morgan fingerprint density at radius 2 is 1.88 bits per heavy atom. The zero-order chi connectivity index (χ0) is 23.0. The summed E-state index contributed by atoms with van der Waals surface area (Å²) in [5.74, 6) is 1.38. The number of carbonyl (C=O) groups excluding carboxylic acids is 1. The molecule has 8 nitrogen and oxygen atoms in total. The molecule has 3 rings (SSSR count). The molecule has 0 unspecified atom stereocenters. The number of phenolic OH excluding ortho intramolecular Hbond substituents is 1. The lowest BCUT2D eigenvalue weighted by Crippen LogP contribution is -2.29. The number of rotatable bonds is 9. The molecule has 0 saturated carbocycles. The topological polar surface area (TPSA) is 112 Å². The van der Waals surface area contributed by atoms with E-state index in [1.807, 2.05) is 24.3 Å². The van der Waals surface area contributed by atoms with Crippen LogP contribution in [0.15, 0.2) is 54.9 Å². The lowest BCUT2D eigenvalue weighted by Gasteiger charge is -2.17. The molecule has 0 atom stereocenters.